The highest BCUT2D eigenvalue weighted by Gasteiger charge is 2.27. The first-order valence-corrected chi connectivity index (χ1v) is 8.26. The van der Waals surface area contributed by atoms with Gasteiger partial charge in [0.15, 0.2) is 5.96 Å². The van der Waals surface area contributed by atoms with Gasteiger partial charge < -0.3 is 20.1 Å². The van der Waals surface area contributed by atoms with E-state index in [1.807, 2.05) is 26.0 Å². The summed E-state index contributed by atoms with van der Waals surface area (Å²) >= 11 is 0. The van der Waals surface area contributed by atoms with Crippen LogP contribution < -0.4 is 10.6 Å². The summed E-state index contributed by atoms with van der Waals surface area (Å²) in [5, 5.41) is 6.31. The highest BCUT2D eigenvalue weighted by atomic mass is 127. The minimum atomic E-state index is -4.30. The monoisotopic (exact) mass is 489 g/mol. The predicted octanol–water partition coefficient (Wildman–Crippen LogP) is 3.48. The highest BCUT2D eigenvalue weighted by molar-refractivity contribution is 14.0. The fraction of sp³-hybridized carbons (Fsp3) is 0.588. The van der Waals surface area contributed by atoms with E-state index in [-0.39, 0.29) is 30.6 Å². The molecule has 9 heteroatoms. The van der Waals surface area contributed by atoms with Gasteiger partial charge in [0.25, 0.3) is 0 Å². The topological polar surface area (TPSA) is 54.9 Å². The molecule has 0 aromatic heterocycles. The second-order valence-electron chi connectivity index (χ2n) is 5.24. The van der Waals surface area contributed by atoms with Crippen LogP contribution in [0.4, 0.5) is 13.2 Å². The predicted molar refractivity (Wildman–Crippen MR) is 107 cm³/mol. The van der Waals surface area contributed by atoms with Crippen LogP contribution in [0.2, 0.25) is 0 Å². The Morgan fingerprint density at radius 1 is 1.04 bits per heavy atom. The van der Waals surface area contributed by atoms with Crippen LogP contribution in [0.25, 0.3) is 0 Å². The standard InChI is InChI=1S/C17H26F3N3O2.HI/c1-3-21-16(22-9-10-24-4-2)23-11-14-5-7-15(8-6-14)12-25-13-17(18,19)20;/h5-8H,3-4,9-13H2,1-2H3,(H2,21,22,23);1H. The van der Waals surface area contributed by atoms with E-state index in [1.54, 1.807) is 12.1 Å². The third-order valence-corrected chi connectivity index (χ3v) is 3.06. The van der Waals surface area contributed by atoms with Crippen molar-refractivity contribution in [2.75, 3.05) is 32.9 Å². The van der Waals surface area contributed by atoms with Gasteiger partial charge in [0, 0.05) is 19.7 Å². The van der Waals surface area contributed by atoms with Crippen LogP contribution in [0.1, 0.15) is 25.0 Å². The molecule has 0 fully saturated rings. The lowest BCUT2D eigenvalue weighted by Crippen LogP contribution is -2.39. The van der Waals surface area contributed by atoms with Gasteiger partial charge in [0.1, 0.15) is 6.61 Å². The average Bonchev–Trinajstić information content (AvgIpc) is 2.56. The number of nitrogens with zero attached hydrogens (tertiary/aromatic N) is 1. The number of halogens is 4. The molecule has 0 aliphatic carbocycles. The maximum atomic E-state index is 12.0. The van der Waals surface area contributed by atoms with Crippen molar-refractivity contribution in [1.29, 1.82) is 0 Å². The molecule has 0 saturated heterocycles. The lowest BCUT2D eigenvalue weighted by molar-refractivity contribution is -0.176. The van der Waals surface area contributed by atoms with Gasteiger partial charge in [-0.3, -0.25) is 0 Å². The van der Waals surface area contributed by atoms with Gasteiger partial charge in [0.05, 0.1) is 19.8 Å². The van der Waals surface area contributed by atoms with Crippen molar-refractivity contribution in [3.8, 4) is 0 Å². The SMILES string of the molecule is CCNC(=NCc1ccc(COCC(F)(F)F)cc1)NCCOCC.I. The molecule has 0 saturated carbocycles. The zero-order valence-electron chi connectivity index (χ0n) is 15.1. The summed E-state index contributed by atoms with van der Waals surface area (Å²) < 4.78 is 46.0. The van der Waals surface area contributed by atoms with Crippen molar-refractivity contribution >= 4 is 29.9 Å². The Balaban J connectivity index is 0.00000625. The first kappa shape index (κ1) is 24.9. The number of rotatable bonds is 10. The first-order valence-electron chi connectivity index (χ1n) is 8.26. The smallest absolute Gasteiger partial charge is 0.380 e. The molecule has 0 aliphatic rings. The lowest BCUT2D eigenvalue weighted by Gasteiger charge is -2.11. The Bertz CT molecular complexity index is 511. The number of alkyl halides is 3. The summed E-state index contributed by atoms with van der Waals surface area (Å²) in [6.45, 7) is 5.77. The minimum absolute atomic E-state index is 0. The van der Waals surface area contributed by atoms with E-state index >= 15 is 0 Å². The quantitative estimate of drug-likeness (QED) is 0.229. The van der Waals surface area contributed by atoms with Gasteiger partial charge in [-0.15, -0.1) is 24.0 Å². The second-order valence-corrected chi connectivity index (χ2v) is 5.24. The zero-order chi connectivity index (χ0) is 18.5. The summed E-state index contributed by atoms with van der Waals surface area (Å²) in [6, 6.07) is 7.16. The van der Waals surface area contributed by atoms with Crippen molar-refractivity contribution in [2.45, 2.75) is 33.2 Å². The highest BCUT2D eigenvalue weighted by Crippen LogP contribution is 2.15. The van der Waals surface area contributed by atoms with Crippen molar-refractivity contribution in [2.24, 2.45) is 4.99 Å². The number of hydrogen-bond donors (Lipinski definition) is 2. The van der Waals surface area contributed by atoms with Gasteiger partial charge in [-0.2, -0.15) is 13.2 Å². The Labute approximate surface area is 169 Å². The summed E-state index contributed by atoms with van der Waals surface area (Å²) in [6.07, 6.45) is -4.30. The molecular weight excluding hydrogens is 462 g/mol. The van der Waals surface area contributed by atoms with Gasteiger partial charge in [0.2, 0.25) is 0 Å². The summed E-state index contributed by atoms with van der Waals surface area (Å²) in [4.78, 5) is 4.46. The molecule has 0 bridgehead atoms. The van der Waals surface area contributed by atoms with E-state index in [0.29, 0.717) is 37.8 Å². The third-order valence-electron chi connectivity index (χ3n) is 3.06. The van der Waals surface area contributed by atoms with Gasteiger partial charge in [-0.05, 0) is 25.0 Å². The Hall–Kier alpha value is -1.07. The molecule has 1 rings (SSSR count). The average molecular weight is 489 g/mol. The third kappa shape index (κ3) is 12.3. The van der Waals surface area contributed by atoms with Crippen molar-refractivity contribution in [1.82, 2.24) is 10.6 Å². The number of hydrogen-bond acceptors (Lipinski definition) is 3. The molecule has 1 aromatic rings. The van der Waals surface area contributed by atoms with Crippen LogP contribution in [0.3, 0.4) is 0 Å². The van der Waals surface area contributed by atoms with Crippen molar-refractivity contribution < 1.29 is 22.6 Å². The molecule has 2 N–H and O–H groups in total. The summed E-state index contributed by atoms with van der Waals surface area (Å²) in [5.41, 5.74) is 1.65. The normalized spacial score (nSPS) is 11.8. The molecule has 0 atom stereocenters. The number of guanidine groups is 1. The van der Waals surface area contributed by atoms with Crippen LogP contribution in [-0.4, -0.2) is 45.0 Å². The fourth-order valence-corrected chi connectivity index (χ4v) is 1.92. The summed E-state index contributed by atoms with van der Waals surface area (Å²) in [5.74, 6) is 0.694. The van der Waals surface area contributed by atoms with Gasteiger partial charge >= 0.3 is 6.18 Å². The van der Waals surface area contributed by atoms with Crippen LogP contribution in [0, 0.1) is 0 Å². The van der Waals surface area contributed by atoms with Gasteiger partial charge in [-0.1, -0.05) is 24.3 Å². The molecule has 0 unspecified atom stereocenters. The summed E-state index contributed by atoms with van der Waals surface area (Å²) in [7, 11) is 0. The number of benzene rings is 1. The van der Waals surface area contributed by atoms with Crippen LogP contribution >= 0.6 is 24.0 Å². The van der Waals surface area contributed by atoms with Crippen LogP contribution in [-0.2, 0) is 22.6 Å². The maximum Gasteiger partial charge on any atom is 0.411 e. The van der Waals surface area contributed by atoms with Crippen LogP contribution in [0.5, 0.6) is 0 Å². The molecular formula is C17H27F3IN3O2. The molecule has 0 radical (unpaired) electrons. The van der Waals surface area contributed by atoms with Crippen molar-refractivity contribution in [3.63, 3.8) is 0 Å². The van der Waals surface area contributed by atoms with E-state index in [1.165, 1.54) is 0 Å². The molecule has 0 spiro atoms. The molecule has 150 valence electrons. The second kappa shape index (κ2) is 14.0. The maximum absolute atomic E-state index is 12.0. The minimum Gasteiger partial charge on any atom is -0.380 e. The molecule has 1 aromatic carbocycles. The Morgan fingerprint density at radius 3 is 2.27 bits per heavy atom. The zero-order valence-corrected chi connectivity index (χ0v) is 17.4. The number of ether oxygens (including phenoxy) is 2. The molecule has 0 aliphatic heterocycles. The van der Waals surface area contributed by atoms with E-state index in [9.17, 15) is 13.2 Å². The van der Waals surface area contributed by atoms with E-state index in [4.69, 9.17) is 4.74 Å². The van der Waals surface area contributed by atoms with Crippen LogP contribution in [0.15, 0.2) is 29.3 Å². The first-order chi connectivity index (χ1) is 11.9. The van der Waals surface area contributed by atoms with Gasteiger partial charge in [-0.25, -0.2) is 4.99 Å². The molecule has 0 heterocycles. The largest absolute Gasteiger partial charge is 0.411 e. The lowest BCUT2D eigenvalue weighted by atomic mass is 10.1. The fourth-order valence-electron chi connectivity index (χ4n) is 1.92. The van der Waals surface area contributed by atoms with E-state index in [2.05, 4.69) is 20.4 Å². The molecule has 26 heavy (non-hydrogen) atoms. The van der Waals surface area contributed by atoms with E-state index in [0.717, 1.165) is 12.1 Å². The number of nitrogens with one attached hydrogen (secondary N) is 2. The Morgan fingerprint density at radius 2 is 1.69 bits per heavy atom. The molecule has 0 amide bonds. The molecule has 5 nitrogen and oxygen atoms in total. The van der Waals surface area contributed by atoms with E-state index < -0.39 is 12.8 Å². The Kier molecular flexibility index (Phi) is 13.5. The van der Waals surface area contributed by atoms with Crippen molar-refractivity contribution in [3.05, 3.63) is 35.4 Å². The number of aliphatic imine (C=N–C) groups is 1.